The van der Waals surface area contributed by atoms with Crippen LogP contribution in [0.15, 0.2) is 24.3 Å². The molecule has 0 unspecified atom stereocenters. The fraction of sp³-hybridized carbons (Fsp3) is 0.526. The first-order valence-corrected chi connectivity index (χ1v) is 9.31. The van der Waals surface area contributed by atoms with Crippen LogP contribution in [0.3, 0.4) is 0 Å². The van der Waals surface area contributed by atoms with E-state index >= 15 is 0 Å². The van der Waals surface area contributed by atoms with Crippen LogP contribution >= 0.6 is 0 Å². The van der Waals surface area contributed by atoms with Gasteiger partial charge in [0.15, 0.2) is 5.69 Å². The SMILES string of the molecule is O=C(c1n[nH]c2ccccc12)N1CC[C@H]2[C@H](CCC(=O)N2CCCO)C1. The van der Waals surface area contributed by atoms with E-state index in [0.29, 0.717) is 44.1 Å². The smallest absolute Gasteiger partial charge is 0.275 e. The lowest BCUT2D eigenvalue weighted by molar-refractivity contribution is -0.140. The third-order valence-corrected chi connectivity index (χ3v) is 5.66. The van der Waals surface area contributed by atoms with Crippen molar-refractivity contribution in [3.8, 4) is 0 Å². The second kappa shape index (κ2) is 7.07. The van der Waals surface area contributed by atoms with Crippen molar-refractivity contribution >= 4 is 22.7 Å². The number of aliphatic hydroxyl groups is 1. The number of hydrogen-bond donors (Lipinski definition) is 2. The van der Waals surface area contributed by atoms with Crippen LogP contribution in [-0.4, -0.2) is 69.2 Å². The summed E-state index contributed by atoms with van der Waals surface area (Å²) in [6, 6.07) is 7.83. The molecule has 0 aliphatic carbocycles. The van der Waals surface area contributed by atoms with Crippen LogP contribution in [0.1, 0.15) is 36.2 Å². The summed E-state index contributed by atoms with van der Waals surface area (Å²) in [5, 5.41) is 17.1. The van der Waals surface area contributed by atoms with E-state index in [4.69, 9.17) is 5.11 Å². The average molecular weight is 356 g/mol. The molecule has 2 amide bonds. The van der Waals surface area contributed by atoms with Gasteiger partial charge >= 0.3 is 0 Å². The Bertz CT molecular complexity index is 818. The molecule has 7 heteroatoms. The first kappa shape index (κ1) is 17.0. The third kappa shape index (κ3) is 2.96. The molecule has 2 aromatic rings. The molecule has 0 saturated carbocycles. The lowest BCUT2D eigenvalue weighted by atomic mass is 9.83. The van der Waals surface area contributed by atoms with Gasteiger partial charge in [-0.15, -0.1) is 0 Å². The molecule has 1 aromatic carbocycles. The van der Waals surface area contributed by atoms with Crippen molar-refractivity contribution in [2.24, 2.45) is 5.92 Å². The standard InChI is InChI=1S/C19H24N4O3/c24-11-3-9-23-16-8-10-22(12-13(16)6-7-17(23)25)19(26)18-14-4-1-2-5-15(14)20-21-18/h1-2,4-5,13,16,24H,3,6-12H2,(H,20,21)/t13-,16+/m1/s1. The summed E-state index contributed by atoms with van der Waals surface area (Å²) >= 11 is 0. The highest BCUT2D eigenvalue weighted by Gasteiger charge is 2.40. The molecule has 138 valence electrons. The maximum atomic E-state index is 13.0. The molecule has 4 rings (SSSR count). The molecule has 2 atom stereocenters. The summed E-state index contributed by atoms with van der Waals surface area (Å²) in [5.41, 5.74) is 1.34. The minimum absolute atomic E-state index is 0.0419. The first-order chi connectivity index (χ1) is 12.7. The van der Waals surface area contributed by atoms with Crippen molar-refractivity contribution in [3.63, 3.8) is 0 Å². The van der Waals surface area contributed by atoms with Crippen LogP contribution in [-0.2, 0) is 4.79 Å². The van der Waals surface area contributed by atoms with Gasteiger partial charge in [0.05, 0.1) is 5.52 Å². The summed E-state index contributed by atoms with van der Waals surface area (Å²) in [5.74, 6) is 0.437. The lowest BCUT2D eigenvalue weighted by Crippen LogP contribution is -2.57. The number of amides is 2. The highest BCUT2D eigenvalue weighted by molar-refractivity contribution is 6.04. The summed E-state index contributed by atoms with van der Waals surface area (Å²) in [7, 11) is 0. The summed E-state index contributed by atoms with van der Waals surface area (Å²) in [4.78, 5) is 29.1. The molecule has 26 heavy (non-hydrogen) atoms. The molecule has 2 N–H and O–H groups in total. The van der Waals surface area contributed by atoms with Crippen molar-refractivity contribution in [2.45, 2.75) is 31.7 Å². The van der Waals surface area contributed by atoms with Crippen molar-refractivity contribution in [1.82, 2.24) is 20.0 Å². The van der Waals surface area contributed by atoms with Gasteiger partial charge in [-0.05, 0) is 31.2 Å². The Balaban J connectivity index is 1.49. The fourth-order valence-electron chi connectivity index (χ4n) is 4.34. The number of piperidine rings is 2. The summed E-state index contributed by atoms with van der Waals surface area (Å²) < 4.78 is 0. The number of carbonyl (C=O) groups is 2. The van der Waals surface area contributed by atoms with Gasteiger partial charge in [-0.2, -0.15) is 5.10 Å². The zero-order valence-corrected chi connectivity index (χ0v) is 14.7. The molecular formula is C19H24N4O3. The van der Waals surface area contributed by atoms with Gasteiger partial charge in [-0.25, -0.2) is 0 Å². The Hall–Kier alpha value is -2.41. The predicted octanol–water partition coefficient (Wildman–Crippen LogP) is 1.40. The van der Waals surface area contributed by atoms with Crippen LogP contribution in [0.25, 0.3) is 10.9 Å². The van der Waals surface area contributed by atoms with Gasteiger partial charge in [0.25, 0.3) is 5.91 Å². The monoisotopic (exact) mass is 356 g/mol. The van der Waals surface area contributed by atoms with E-state index in [1.54, 1.807) is 0 Å². The number of H-pyrrole nitrogens is 1. The van der Waals surface area contributed by atoms with Crippen LogP contribution in [0.4, 0.5) is 0 Å². The van der Waals surface area contributed by atoms with Crippen molar-refractivity contribution in [3.05, 3.63) is 30.0 Å². The number of carbonyl (C=O) groups excluding carboxylic acids is 2. The van der Waals surface area contributed by atoms with Crippen molar-refractivity contribution < 1.29 is 14.7 Å². The van der Waals surface area contributed by atoms with Gasteiger partial charge < -0.3 is 14.9 Å². The summed E-state index contributed by atoms with van der Waals surface area (Å²) in [6.07, 6.45) is 2.75. The highest BCUT2D eigenvalue weighted by atomic mass is 16.3. The number of hydrogen-bond acceptors (Lipinski definition) is 4. The van der Waals surface area contributed by atoms with Crippen molar-refractivity contribution in [1.29, 1.82) is 0 Å². The van der Waals surface area contributed by atoms with Crippen LogP contribution in [0.2, 0.25) is 0 Å². The predicted molar refractivity (Wildman–Crippen MR) is 96.5 cm³/mol. The second-order valence-corrected chi connectivity index (χ2v) is 7.19. The zero-order valence-electron chi connectivity index (χ0n) is 14.7. The molecule has 3 heterocycles. The molecule has 2 fully saturated rings. The van der Waals surface area contributed by atoms with Crippen LogP contribution in [0, 0.1) is 5.92 Å². The number of nitrogens with zero attached hydrogens (tertiary/aromatic N) is 3. The van der Waals surface area contributed by atoms with E-state index in [-0.39, 0.29) is 24.5 Å². The Labute approximate surface area is 152 Å². The number of likely N-dealkylation sites (tertiary alicyclic amines) is 2. The Morgan fingerprint density at radius 1 is 1.31 bits per heavy atom. The lowest BCUT2D eigenvalue weighted by Gasteiger charge is -2.47. The third-order valence-electron chi connectivity index (χ3n) is 5.66. The summed E-state index contributed by atoms with van der Waals surface area (Å²) in [6.45, 7) is 1.99. The normalized spacial score (nSPS) is 23.3. The van der Waals surface area contributed by atoms with Crippen LogP contribution in [0.5, 0.6) is 0 Å². The first-order valence-electron chi connectivity index (χ1n) is 9.31. The highest BCUT2D eigenvalue weighted by Crippen LogP contribution is 2.32. The van der Waals surface area contributed by atoms with Gasteiger partial charge in [-0.3, -0.25) is 14.7 Å². The topological polar surface area (TPSA) is 89.5 Å². The Kier molecular flexibility index (Phi) is 4.63. The Morgan fingerprint density at radius 2 is 2.15 bits per heavy atom. The zero-order chi connectivity index (χ0) is 18.1. The van der Waals surface area contributed by atoms with E-state index < -0.39 is 0 Å². The van der Waals surface area contributed by atoms with E-state index in [9.17, 15) is 9.59 Å². The molecular weight excluding hydrogens is 332 g/mol. The fourth-order valence-corrected chi connectivity index (χ4v) is 4.34. The number of aromatic amines is 1. The molecule has 2 saturated heterocycles. The quantitative estimate of drug-likeness (QED) is 0.866. The molecule has 0 bridgehead atoms. The van der Waals surface area contributed by atoms with E-state index in [1.165, 1.54) is 0 Å². The maximum absolute atomic E-state index is 13.0. The molecule has 0 spiro atoms. The minimum atomic E-state index is -0.0419. The number of rotatable bonds is 4. The number of benzene rings is 1. The molecule has 2 aliphatic rings. The van der Waals surface area contributed by atoms with Gasteiger partial charge in [0.1, 0.15) is 0 Å². The number of fused-ring (bicyclic) bond motifs is 2. The average Bonchev–Trinajstić information content (AvgIpc) is 3.10. The van der Waals surface area contributed by atoms with Gasteiger partial charge in [0, 0.05) is 44.1 Å². The van der Waals surface area contributed by atoms with E-state index in [0.717, 1.165) is 23.7 Å². The van der Waals surface area contributed by atoms with Crippen LogP contribution < -0.4 is 0 Å². The second-order valence-electron chi connectivity index (χ2n) is 7.19. The molecule has 2 aliphatic heterocycles. The molecule has 1 aromatic heterocycles. The number of aliphatic hydroxyl groups excluding tert-OH is 1. The largest absolute Gasteiger partial charge is 0.396 e. The molecule has 7 nitrogen and oxygen atoms in total. The van der Waals surface area contributed by atoms with Gasteiger partial charge in [-0.1, -0.05) is 18.2 Å². The van der Waals surface area contributed by atoms with Gasteiger partial charge in [0.2, 0.25) is 5.91 Å². The molecule has 0 radical (unpaired) electrons. The minimum Gasteiger partial charge on any atom is -0.396 e. The number of para-hydroxylation sites is 1. The Morgan fingerprint density at radius 3 is 3.00 bits per heavy atom. The van der Waals surface area contributed by atoms with E-state index in [1.807, 2.05) is 34.1 Å². The number of nitrogens with one attached hydrogen (secondary N) is 1. The van der Waals surface area contributed by atoms with Crippen molar-refractivity contribution in [2.75, 3.05) is 26.2 Å². The van der Waals surface area contributed by atoms with E-state index in [2.05, 4.69) is 10.2 Å². The maximum Gasteiger partial charge on any atom is 0.275 e. The number of aromatic nitrogens is 2.